The Morgan fingerprint density at radius 1 is 1.03 bits per heavy atom. The number of carbonyl (C=O) groups excluding carboxylic acids is 1. The molecule has 1 heterocycles. The van der Waals surface area contributed by atoms with Gasteiger partial charge in [-0.3, -0.25) is 4.90 Å². The maximum absolute atomic E-state index is 14.6. The summed E-state index contributed by atoms with van der Waals surface area (Å²) in [6, 6.07) is 10.7. The van der Waals surface area contributed by atoms with Crippen LogP contribution in [0.15, 0.2) is 46.9 Å². The second-order valence-corrected chi connectivity index (χ2v) is 10.8. The fourth-order valence-corrected chi connectivity index (χ4v) is 5.10. The Balaban J connectivity index is 2.24. The zero-order chi connectivity index (χ0) is 26.6. The van der Waals surface area contributed by atoms with Crippen LogP contribution in [0.3, 0.4) is 0 Å². The van der Waals surface area contributed by atoms with Crippen LogP contribution < -0.4 is 4.90 Å². The fourth-order valence-electron chi connectivity index (χ4n) is 3.54. The molecule has 0 aliphatic heterocycles. The van der Waals surface area contributed by atoms with Crippen molar-refractivity contribution in [3.8, 4) is 10.4 Å². The summed E-state index contributed by atoms with van der Waals surface area (Å²) < 4.78 is 35.4. The van der Waals surface area contributed by atoms with Gasteiger partial charge in [-0.2, -0.15) is 0 Å². The van der Waals surface area contributed by atoms with Crippen molar-refractivity contribution < 1.29 is 28.2 Å². The van der Waals surface area contributed by atoms with Gasteiger partial charge in [-0.05, 0) is 49.8 Å². The average Bonchev–Trinajstić information content (AvgIpc) is 3.16. The van der Waals surface area contributed by atoms with Crippen molar-refractivity contribution in [2.24, 2.45) is 5.92 Å². The first-order valence-corrected chi connectivity index (χ1v) is 12.8. The summed E-state index contributed by atoms with van der Waals surface area (Å²) in [7, 11) is 3.61. The zero-order valence-electron chi connectivity index (χ0n) is 20.3. The maximum atomic E-state index is 14.6. The van der Waals surface area contributed by atoms with Crippen molar-refractivity contribution in [2.45, 2.75) is 26.9 Å². The summed E-state index contributed by atoms with van der Waals surface area (Å²) in [6.45, 7) is 3.50. The first-order valence-electron chi connectivity index (χ1n) is 11.2. The molecule has 1 aromatic heterocycles. The molecule has 2 aromatic carbocycles. The van der Waals surface area contributed by atoms with Crippen molar-refractivity contribution in [1.82, 2.24) is 4.90 Å². The second kappa shape index (κ2) is 11.9. The highest BCUT2D eigenvalue weighted by Crippen LogP contribution is 2.44. The van der Waals surface area contributed by atoms with Crippen LogP contribution >= 0.6 is 27.3 Å². The highest BCUT2D eigenvalue weighted by Gasteiger charge is 2.32. The van der Waals surface area contributed by atoms with Crippen LogP contribution in [0, 0.1) is 17.6 Å². The topological polar surface area (TPSA) is 70.1 Å². The molecule has 0 saturated carbocycles. The standard InChI is InChI=1S/C26H27BrF2N2O4S/c1-15(2)14-35-26(34)31(13-18-20(28)6-5-7-21(18)29)24-22(25(32)33)19(12-30(3)4)23(36-24)16-8-10-17(27)11-9-16/h5-11,15H,12-14H2,1-4H3,(H,32,33). The van der Waals surface area contributed by atoms with Gasteiger partial charge < -0.3 is 14.7 Å². The molecule has 3 rings (SSSR count). The lowest BCUT2D eigenvalue weighted by Gasteiger charge is -2.23. The van der Waals surface area contributed by atoms with Gasteiger partial charge in [0.2, 0.25) is 0 Å². The largest absolute Gasteiger partial charge is 0.478 e. The van der Waals surface area contributed by atoms with Crippen molar-refractivity contribution in [3.63, 3.8) is 0 Å². The first-order chi connectivity index (χ1) is 17.0. The number of hydrogen-bond donors (Lipinski definition) is 1. The van der Waals surface area contributed by atoms with Crippen LogP contribution in [0.4, 0.5) is 18.6 Å². The number of aromatic carboxylic acids is 1. The predicted molar refractivity (Wildman–Crippen MR) is 141 cm³/mol. The second-order valence-electron chi connectivity index (χ2n) is 8.90. The van der Waals surface area contributed by atoms with Gasteiger partial charge in [-0.15, -0.1) is 11.3 Å². The number of amides is 1. The molecule has 0 spiro atoms. The predicted octanol–water partition coefficient (Wildman–Crippen LogP) is 7.01. The Hall–Kier alpha value is -2.82. The summed E-state index contributed by atoms with van der Waals surface area (Å²) in [5, 5.41) is 10.3. The SMILES string of the molecule is CC(C)COC(=O)N(Cc1c(F)cccc1F)c1sc(-c2ccc(Br)cc2)c(CN(C)C)c1C(=O)O. The Labute approximate surface area is 221 Å². The van der Waals surface area contributed by atoms with Crippen molar-refractivity contribution >= 4 is 44.3 Å². The van der Waals surface area contributed by atoms with Crippen LogP contribution in [0.5, 0.6) is 0 Å². The van der Waals surface area contributed by atoms with E-state index in [1.165, 1.54) is 6.07 Å². The van der Waals surface area contributed by atoms with Gasteiger partial charge in [-0.1, -0.05) is 48.0 Å². The lowest BCUT2D eigenvalue weighted by Crippen LogP contribution is -2.33. The number of carboxylic acids is 1. The number of hydrogen-bond acceptors (Lipinski definition) is 5. The molecule has 6 nitrogen and oxygen atoms in total. The van der Waals surface area contributed by atoms with E-state index in [0.717, 1.165) is 38.4 Å². The van der Waals surface area contributed by atoms with E-state index in [2.05, 4.69) is 15.9 Å². The van der Waals surface area contributed by atoms with Gasteiger partial charge in [0.15, 0.2) is 0 Å². The number of carboxylic acid groups (broad SMARTS) is 1. The van der Waals surface area contributed by atoms with Gasteiger partial charge in [0.1, 0.15) is 16.6 Å². The summed E-state index contributed by atoms with van der Waals surface area (Å²) in [6.07, 6.45) is -0.881. The molecule has 36 heavy (non-hydrogen) atoms. The number of nitrogens with zero attached hydrogens (tertiary/aromatic N) is 2. The molecule has 0 atom stereocenters. The zero-order valence-corrected chi connectivity index (χ0v) is 22.8. The molecule has 0 bridgehead atoms. The Kier molecular flexibility index (Phi) is 9.21. The summed E-state index contributed by atoms with van der Waals surface area (Å²) in [4.78, 5) is 29.3. The van der Waals surface area contributed by atoms with E-state index in [1.54, 1.807) is 14.1 Å². The van der Waals surface area contributed by atoms with Gasteiger partial charge in [-0.25, -0.2) is 18.4 Å². The molecular weight excluding hydrogens is 554 g/mol. The minimum atomic E-state index is -1.25. The molecule has 1 amide bonds. The molecule has 0 fully saturated rings. The molecule has 0 aliphatic carbocycles. The molecule has 0 unspecified atom stereocenters. The average molecular weight is 581 g/mol. The van der Waals surface area contributed by atoms with Gasteiger partial charge >= 0.3 is 12.1 Å². The molecule has 3 aromatic rings. The van der Waals surface area contributed by atoms with E-state index in [4.69, 9.17) is 4.74 Å². The number of rotatable bonds is 9. The third kappa shape index (κ3) is 6.48. The van der Waals surface area contributed by atoms with Gasteiger partial charge in [0.25, 0.3) is 0 Å². The van der Waals surface area contributed by atoms with Crippen LogP contribution in [-0.2, 0) is 17.8 Å². The Morgan fingerprint density at radius 2 is 1.64 bits per heavy atom. The molecule has 192 valence electrons. The summed E-state index contributed by atoms with van der Waals surface area (Å²) >= 11 is 4.48. The van der Waals surface area contributed by atoms with E-state index in [0.29, 0.717) is 10.4 Å². The smallest absolute Gasteiger partial charge is 0.415 e. The molecule has 0 aliphatic rings. The van der Waals surface area contributed by atoms with Crippen molar-refractivity contribution in [1.29, 1.82) is 0 Å². The number of benzene rings is 2. The Morgan fingerprint density at radius 3 is 2.17 bits per heavy atom. The molecule has 10 heteroatoms. The lowest BCUT2D eigenvalue weighted by atomic mass is 10.0. The number of ether oxygens (including phenoxy) is 1. The van der Waals surface area contributed by atoms with E-state index < -0.39 is 30.2 Å². The van der Waals surface area contributed by atoms with Gasteiger partial charge in [0.05, 0.1) is 18.7 Å². The number of carbonyl (C=O) groups is 2. The molecule has 1 N–H and O–H groups in total. The van der Waals surface area contributed by atoms with E-state index >= 15 is 0 Å². The van der Waals surface area contributed by atoms with Crippen LogP contribution in [0.1, 0.15) is 35.3 Å². The molecule has 0 radical (unpaired) electrons. The monoisotopic (exact) mass is 580 g/mol. The van der Waals surface area contributed by atoms with Gasteiger partial charge in [0, 0.05) is 27.0 Å². The lowest BCUT2D eigenvalue weighted by molar-refractivity contribution is 0.0696. The van der Waals surface area contributed by atoms with E-state index in [1.807, 2.05) is 43.0 Å². The van der Waals surface area contributed by atoms with Crippen LogP contribution in [0.25, 0.3) is 10.4 Å². The number of anilines is 1. The third-order valence-electron chi connectivity index (χ3n) is 5.17. The van der Waals surface area contributed by atoms with Crippen molar-refractivity contribution in [3.05, 3.63) is 75.3 Å². The number of halogens is 3. The van der Waals surface area contributed by atoms with Crippen LogP contribution in [-0.4, -0.2) is 42.8 Å². The normalized spacial score (nSPS) is 11.2. The van der Waals surface area contributed by atoms with E-state index in [9.17, 15) is 23.5 Å². The van der Waals surface area contributed by atoms with Crippen LogP contribution in [0.2, 0.25) is 0 Å². The van der Waals surface area contributed by atoms with E-state index in [-0.39, 0.29) is 35.2 Å². The molecule has 0 saturated heterocycles. The minimum absolute atomic E-state index is 0.00547. The maximum Gasteiger partial charge on any atom is 0.415 e. The first kappa shape index (κ1) is 27.8. The summed E-state index contributed by atoms with van der Waals surface area (Å²) in [5.74, 6) is -2.93. The highest BCUT2D eigenvalue weighted by atomic mass is 79.9. The minimum Gasteiger partial charge on any atom is -0.478 e. The summed E-state index contributed by atoms with van der Waals surface area (Å²) in [5.41, 5.74) is 0.778. The highest BCUT2D eigenvalue weighted by molar-refractivity contribution is 9.10. The third-order valence-corrected chi connectivity index (χ3v) is 7.00. The van der Waals surface area contributed by atoms with Crippen molar-refractivity contribution in [2.75, 3.05) is 25.6 Å². The molecular formula is C26H27BrF2N2O4S. The Bertz CT molecular complexity index is 1230. The quantitative estimate of drug-likeness (QED) is 0.294. The fraction of sp³-hybridized carbons (Fsp3) is 0.308. The number of thiophene rings is 1.